The number of hydrogen-bond donors (Lipinski definition) is 1. The predicted octanol–water partition coefficient (Wildman–Crippen LogP) is 3.13. The Bertz CT molecular complexity index is 381. The molecule has 0 saturated carbocycles. The van der Waals surface area contributed by atoms with Gasteiger partial charge in [0.1, 0.15) is 0 Å². The summed E-state index contributed by atoms with van der Waals surface area (Å²) >= 11 is 3.44. The highest BCUT2D eigenvalue weighted by atomic mass is 79.9. The monoisotopic (exact) mass is 299 g/mol. The van der Waals surface area contributed by atoms with Crippen LogP contribution in [-0.4, -0.2) is 28.6 Å². The molecule has 1 unspecified atom stereocenters. The zero-order chi connectivity index (χ0) is 12.8. The van der Waals surface area contributed by atoms with Gasteiger partial charge in [0, 0.05) is 17.1 Å². The molecule has 0 heterocycles. The Balaban J connectivity index is 2.66. The zero-order valence-electron chi connectivity index (χ0n) is 10.2. The van der Waals surface area contributed by atoms with Gasteiger partial charge in [-0.3, -0.25) is 9.69 Å². The fourth-order valence-electron chi connectivity index (χ4n) is 1.83. The van der Waals surface area contributed by atoms with Crippen LogP contribution < -0.4 is 0 Å². The van der Waals surface area contributed by atoms with Crippen molar-refractivity contribution >= 4 is 21.9 Å². The number of carboxylic acid groups (broad SMARTS) is 1. The molecule has 1 aromatic carbocycles. The summed E-state index contributed by atoms with van der Waals surface area (Å²) in [6.07, 6.45) is 0.182. The topological polar surface area (TPSA) is 40.5 Å². The van der Waals surface area contributed by atoms with E-state index >= 15 is 0 Å². The Kier molecular flexibility index (Phi) is 5.65. The molecule has 0 saturated heterocycles. The first-order chi connectivity index (χ1) is 8.02. The summed E-state index contributed by atoms with van der Waals surface area (Å²) in [6, 6.07) is 8.16. The van der Waals surface area contributed by atoms with Crippen molar-refractivity contribution in [2.45, 2.75) is 32.9 Å². The molecule has 0 fully saturated rings. The molecule has 3 nitrogen and oxygen atoms in total. The van der Waals surface area contributed by atoms with E-state index in [9.17, 15) is 4.79 Å². The number of hydrogen-bond acceptors (Lipinski definition) is 2. The first-order valence-corrected chi connectivity index (χ1v) is 6.52. The normalized spacial score (nSPS) is 12.7. The molecule has 0 spiro atoms. The van der Waals surface area contributed by atoms with Crippen LogP contribution in [0.3, 0.4) is 0 Å². The highest BCUT2D eigenvalue weighted by Crippen LogP contribution is 2.15. The molecule has 1 N–H and O–H groups in total. The second-order valence-electron chi connectivity index (χ2n) is 4.14. The zero-order valence-corrected chi connectivity index (χ0v) is 11.8. The van der Waals surface area contributed by atoms with Crippen LogP contribution in [0.4, 0.5) is 0 Å². The first-order valence-electron chi connectivity index (χ1n) is 5.73. The Morgan fingerprint density at radius 1 is 1.53 bits per heavy atom. The summed E-state index contributed by atoms with van der Waals surface area (Å²) in [5, 5.41) is 8.80. The lowest BCUT2D eigenvalue weighted by atomic mass is 10.1. The van der Waals surface area contributed by atoms with Crippen molar-refractivity contribution in [1.29, 1.82) is 0 Å². The van der Waals surface area contributed by atoms with E-state index in [1.807, 2.05) is 19.1 Å². The Morgan fingerprint density at radius 3 is 2.76 bits per heavy atom. The summed E-state index contributed by atoms with van der Waals surface area (Å²) in [7, 11) is 0. The molecule has 1 rings (SSSR count). The van der Waals surface area contributed by atoms with Gasteiger partial charge in [-0.1, -0.05) is 35.0 Å². The van der Waals surface area contributed by atoms with Gasteiger partial charge in [-0.2, -0.15) is 0 Å². The molecular formula is C13H18BrNO2. The van der Waals surface area contributed by atoms with Crippen molar-refractivity contribution in [3.05, 3.63) is 34.3 Å². The van der Waals surface area contributed by atoms with Crippen LogP contribution in [0.2, 0.25) is 0 Å². The van der Waals surface area contributed by atoms with E-state index in [4.69, 9.17) is 5.11 Å². The summed E-state index contributed by atoms with van der Waals surface area (Å²) < 4.78 is 1.05. The van der Waals surface area contributed by atoms with Gasteiger partial charge in [-0.15, -0.1) is 0 Å². The Labute approximate surface area is 111 Å². The third kappa shape index (κ3) is 4.88. The Hall–Kier alpha value is -0.870. The maximum atomic E-state index is 10.7. The molecule has 0 aliphatic carbocycles. The highest BCUT2D eigenvalue weighted by Gasteiger charge is 2.15. The van der Waals surface area contributed by atoms with Gasteiger partial charge < -0.3 is 5.11 Å². The van der Waals surface area contributed by atoms with E-state index in [-0.39, 0.29) is 12.5 Å². The second-order valence-corrected chi connectivity index (χ2v) is 5.06. The van der Waals surface area contributed by atoms with Gasteiger partial charge in [0.25, 0.3) is 0 Å². The number of nitrogens with zero attached hydrogens (tertiary/aromatic N) is 1. The summed E-state index contributed by atoms with van der Waals surface area (Å²) in [5.41, 5.74) is 1.19. The molecular weight excluding hydrogens is 282 g/mol. The molecule has 0 bridgehead atoms. The molecule has 0 amide bonds. The van der Waals surface area contributed by atoms with Gasteiger partial charge in [0.05, 0.1) is 6.42 Å². The lowest BCUT2D eigenvalue weighted by molar-refractivity contribution is -0.138. The average molecular weight is 300 g/mol. The molecule has 0 aromatic heterocycles. The standard InChI is InChI=1S/C13H18BrNO2/c1-3-15(10(2)7-13(16)17)9-11-5-4-6-12(14)8-11/h4-6,8,10H,3,7,9H2,1-2H3,(H,16,17). The van der Waals surface area contributed by atoms with E-state index in [1.54, 1.807) is 0 Å². The van der Waals surface area contributed by atoms with Crippen LogP contribution in [0.5, 0.6) is 0 Å². The van der Waals surface area contributed by atoms with Gasteiger partial charge in [-0.05, 0) is 31.2 Å². The van der Waals surface area contributed by atoms with Crippen molar-refractivity contribution in [3.8, 4) is 0 Å². The molecule has 0 radical (unpaired) electrons. The minimum absolute atomic E-state index is 0.0523. The minimum atomic E-state index is -0.745. The third-order valence-electron chi connectivity index (χ3n) is 2.77. The molecule has 1 aromatic rings. The fourth-order valence-corrected chi connectivity index (χ4v) is 2.28. The van der Waals surface area contributed by atoms with Crippen LogP contribution in [0.25, 0.3) is 0 Å². The highest BCUT2D eigenvalue weighted by molar-refractivity contribution is 9.10. The molecule has 17 heavy (non-hydrogen) atoms. The van der Waals surface area contributed by atoms with Crippen LogP contribution in [0, 0.1) is 0 Å². The van der Waals surface area contributed by atoms with Crippen molar-refractivity contribution in [3.63, 3.8) is 0 Å². The van der Waals surface area contributed by atoms with Crippen LogP contribution in [-0.2, 0) is 11.3 Å². The van der Waals surface area contributed by atoms with Crippen LogP contribution in [0.1, 0.15) is 25.8 Å². The lowest BCUT2D eigenvalue weighted by Gasteiger charge is -2.26. The van der Waals surface area contributed by atoms with E-state index in [0.29, 0.717) is 0 Å². The largest absolute Gasteiger partial charge is 0.481 e. The average Bonchev–Trinajstić information content (AvgIpc) is 2.24. The van der Waals surface area contributed by atoms with Gasteiger partial charge in [0.2, 0.25) is 0 Å². The number of carbonyl (C=O) groups is 1. The second kappa shape index (κ2) is 6.77. The smallest absolute Gasteiger partial charge is 0.304 e. The van der Waals surface area contributed by atoms with E-state index in [2.05, 4.69) is 39.9 Å². The lowest BCUT2D eigenvalue weighted by Crippen LogP contribution is -2.34. The van der Waals surface area contributed by atoms with Gasteiger partial charge >= 0.3 is 5.97 Å². The first kappa shape index (κ1) is 14.2. The van der Waals surface area contributed by atoms with Gasteiger partial charge in [-0.25, -0.2) is 0 Å². The molecule has 4 heteroatoms. The van der Waals surface area contributed by atoms with E-state index in [1.165, 1.54) is 5.56 Å². The molecule has 94 valence electrons. The number of aliphatic carboxylic acids is 1. The fraction of sp³-hybridized carbons (Fsp3) is 0.462. The number of carboxylic acids is 1. The maximum absolute atomic E-state index is 10.7. The number of rotatable bonds is 6. The van der Waals surface area contributed by atoms with Crippen LogP contribution in [0.15, 0.2) is 28.7 Å². The molecule has 1 atom stereocenters. The summed E-state index contributed by atoms with van der Waals surface area (Å²) in [5.74, 6) is -0.745. The molecule has 0 aliphatic heterocycles. The van der Waals surface area contributed by atoms with Crippen molar-refractivity contribution in [2.75, 3.05) is 6.54 Å². The molecule has 0 aliphatic rings. The minimum Gasteiger partial charge on any atom is -0.481 e. The number of benzene rings is 1. The van der Waals surface area contributed by atoms with E-state index < -0.39 is 5.97 Å². The Morgan fingerprint density at radius 2 is 2.24 bits per heavy atom. The summed E-state index contributed by atoms with van der Waals surface area (Å²) in [4.78, 5) is 12.9. The third-order valence-corrected chi connectivity index (χ3v) is 3.27. The van der Waals surface area contributed by atoms with E-state index in [0.717, 1.165) is 17.6 Å². The summed E-state index contributed by atoms with van der Waals surface area (Å²) in [6.45, 7) is 5.64. The maximum Gasteiger partial charge on any atom is 0.304 e. The van der Waals surface area contributed by atoms with Gasteiger partial charge in [0.15, 0.2) is 0 Å². The van der Waals surface area contributed by atoms with Crippen molar-refractivity contribution < 1.29 is 9.90 Å². The van der Waals surface area contributed by atoms with Crippen molar-refractivity contribution in [1.82, 2.24) is 4.90 Å². The van der Waals surface area contributed by atoms with Crippen LogP contribution >= 0.6 is 15.9 Å². The predicted molar refractivity (Wildman–Crippen MR) is 71.9 cm³/mol. The quantitative estimate of drug-likeness (QED) is 0.877. The SMILES string of the molecule is CCN(Cc1cccc(Br)c1)C(C)CC(=O)O. The number of halogens is 1. The van der Waals surface area contributed by atoms with Crippen molar-refractivity contribution in [2.24, 2.45) is 0 Å².